The predicted molar refractivity (Wildman–Crippen MR) is 88.3 cm³/mol. The lowest BCUT2D eigenvalue weighted by atomic mass is 10.1. The number of nitrogens with zero attached hydrogens (tertiary/aromatic N) is 1. The summed E-state index contributed by atoms with van der Waals surface area (Å²) in [6, 6.07) is 4.75. The third kappa shape index (κ3) is 2.62. The summed E-state index contributed by atoms with van der Waals surface area (Å²) in [6.45, 7) is 2.10. The second-order valence-electron chi connectivity index (χ2n) is 5.83. The first-order chi connectivity index (χ1) is 11.1. The Morgan fingerprint density at radius 3 is 3.04 bits per heavy atom. The highest BCUT2D eigenvalue weighted by atomic mass is 32.1. The zero-order chi connectivity index (χ0) is 16.0. The summed E-state index contributed by atoms with van der Waals surface area (Å²) in [5, 5.41) is 0.898. The normalized spacial score (nSPS) is 15.0. The van der Waals surface area contributed by atoms with E-state index in [9.17, 15) is 9.18 Å². The van der Waals surface area contributed by atoms with Crippen LogP contribution in [0.1, 0.15) is 16.8 Å². The van der Waals surface area contributed by atoms with Gasteiger partial charge in [-0.3, -0.25) is 14.7 Å². The number of benzene rings is 1. The van der Waals surface area contributed by atoms with Gasteiger partial charge in [-0.2, -0.15) is 0 Å². The number of fused-ring (bicyclic) bond motifs is 2. The largest absolute Gasteiger partial charge is 0.361 e. The predicted octanol–water partition coefficient (Wildman–Crippen LogP) is 2.61. The van der Waals surface area contributed by atoms with Gasteiger partial charge in [-0.15, -0.1) is 0 Å². The van der Waals surface area contributed by atoms with Gasteiger partial charge in [0.1, 0.15) is 5.82 Å². The molecule has 0 amide bonds. The average Bonchev–Trinajstić information content (AvgIpc) is 2.89. The highest BCUT2D eigenvalue weighted by molar-refractivity contribution is 7.71. The molecule has 0 atom stereocenters. The number of aromatic nitrogens is 3. The lowest BCUT2D eigenvalue weighted by Crippen LogP contribution is -2.34. The molecule has 0 fully saturated rings. The summed E-state index contributed by atoms with van der Waals surface area (Å²) in [5.41, 5.74) is 3.52. The van der Waals surface area contributed by atoms with Crippen molar-refractivity contribution >= 4 is 23.1 Å². The molecule has 0 unspecified atom stereocenters. The van der Waals surface area contributed by atoms with Crippen LogP contribution in [-0.2, 0) is 19.5 Å². The number of hydrogen-bond donors (Lipinski definition) is 3. The van der Waals surface area contributed by atoms with Crippen LogP contribution in [0.5, 0.6) is 0 Å². The molecule has 1 aliphatic heterocycles. The van der Waals surface area contributed by atoms with Gasteiger partial charge in [-0.1, -0.05) is 0 Å². The van der Waals surface area contributed by atoms with Crippen molar-refractivity contribution in [1.29, 1.82) is 0 Å². The van der Waals surface area contributed by atoms with Gasteiger partial charge >= 0.3 is 0 Å². The monoisotopic (exact) mass is 330 g/mol. The number of aromatic amines is 3. The number of hydrogen-bond acceptors (Lipinski definition) is 3. The topological polar surface area (TPSA) is 67.7 Å². The first-order valence-electron chi connectivity index (χ1n) is 7.42. The van der Waals surface area contributed by atoms with E-state index in [4.69, 9.17) is 12.2 Å². The highest BCUT2D eigenvalue weighted by Gasteiger charge is 2.20. The van der Waals surface area contributed by atoms with Crippen molar-refractivity contribution in [3.63, 3.8) is 0 Å². The molecule has 1 aliphatic rings. The van der Waals surface area contributed by atoms with Gasteiger partial charge in [-0.25, -0.2) is 4.39 Å². The van der Waals surface area contributed by atoms with Crippen LogP contribution in [0.15, 0.2) is 29.2 Å². The van der Waals surface area contributed by atoms with E-state index in [1.807, 2.05) is 6.20 Å². The van der Waals surface area contributed by atoms with Crippen LogP contribution >= 0.6 is 12.2 Å². The minimum absolute atomic E-state index is 0.0995. The van der Waals surface area contributed by atoms with Crippen molar-refractivity contribution in [3.05, 3.63) is 62.2 Å². The first-order valence-corrected chi connectivity index (χ1v) is 7.83. The third-order valence-electron chi connectivity index (χ3n) is 4.31. The maximum absolute atomic E-state index is 13.5. The van der Waals surface area contributed by atoms with E-state index in [0.717, 1.165) is 34.3 Å². The Morgan fingerprint density at radius 1 is 1.30 bits per heavy atom. The van der Waals surface area contributed by atoms with Gasteiger partial charge in [0.25, 0.3) is 5.56 Å². The zero-order valence-corrected chi connectivity index (χ0v) is 13.1. The van der Waals surface area contributed by atoms with Crippen molar-refractivity contribution in [1.82, 2.24) is 19.9 Å². The van der Waals surface area contributed by atoms with Gasteiger partial charge in [-0.05, 0) is 42.4 Å². The molecule has 23 heavy (non-hydrogen) atoms. The fourth-order valence-corrected chi connectivity index (χ4v) is 3.40. The minimum atomic E-state index is -0.238. The van der Waals surface area contributed by atoms with Crippen molar-refractivity contribution in [2.24, 2.45) is 0 Å². The number of rotatable bonds is 2. The maximum Gasteiger partial charge on any atom is 0.255 e. The Balaban J connectivity index is 1.63. The van der Waals surface area contributed by atoms with Gasteiger partial charge < -0.3 is 9.97 Å². The quantitative estimate of drug-likeness (QED) is 0.633. The van der Waals surface area contributed by atoms with Crippen LogP contribution in [-0.4, -0.2) is 26.4 Å². The fraction of sp³-hybridized carbons (Fsp3) is 0.250. The summed E-state index contributed by atoms with van der Waals surface area (Å²) in [5.74, 6) is -0.238. The molecule has 0 spiro atoms. The molecule has 0 saturated carbocycles. The molecule has 3 heterocycles. The number of nitrogens with one attached hydrogen (secondary N) is 3. The van der Waals surface area contributed by atoms with Crippen LogP contribution in [0.2, 0.25) is 0 Å². The molecule has 0 aliphatic carbocycles. The summed E-state index contributed by atoms with van der Waals surface area (Å²) in [4.78, 5) is 23.0. The van der Waals surface area contributed by atoms with Gasteiger partial charge in [0.2, 0.25) is 0 Å². The van der Waals surface area contributed by atoms with E-state index < -0.39 is 0 Å². The molecule has 0 bridgehead atoms. The number of halogens is 1. The molecule has 5 nitrogen and oxygen atoms in total. The van der Waals surface area contributed by atoms with Crippen LogP contribution in [0.4, 0.5) is 4.39 Å². The lowest BCUT2D eigenvalue weighted by Gasteiger charge is -2.27. The summed E-state index contributed by atoms with van der Waals surface area (Å²) >= 11 is 5.04. The van der Waals surface area contributed by atoms with Gasteiger partial charge in [0, 0.05) is 48.0 Å². The van der Waals surface area contributed by atoms with Crippen molar-refractivity contribution in [3.8, 4) is 0 Å². The molecule has 0 saturated heterocycles. The van der Waals surface area contributed by atoms with Crippen molar-refractivity contribution in [2.45, 2.75) is 19.5 Å². The van der Waals surface area contributed by atoms with E-state index in [-0.39, 0.29) is 11.4 Å². The van der Waals surface area contributed by atoms with E-state index >= 15 is 0 Å². The zero-order valence-electron chi connectivity index (χ0n) is 12.3. The smallest absolute Gasteiger partial charge is 0.255 e. The Kier molecular flexibility index (Phi) is 3.39. The Hall–Kier alpha value is -2.25. The third-order valence-corrected chi connectivity index (χ3v) is 4.52. The molecule has 4 rings (SSSR count). The van der Waals surface area contributed by atoms with Crippen LogP contribution in [0.25, 0.3) is 10.9 Å². The number of H-pyrrole nitrogens is 3. The molecule has 1 aromatic carbocycles. The average molecular weight is 330 g/mol. The van der Waals surface area contributed by atoms with Gasteiger partial charge in [0.05, 0.1) is 0 Å². The van der Waals surface area contributed by atoms with Crippen LogP contribution in [0.3, 0.4) is 0 Å². The fourth-order valence-electron chi connectivity index (χ4n) is 3.19. The molecule has 2 aromatic heterocycles. The molecule has 7 heteroatoms. The molecular weight excluding hydrogens is 315 g/mol. The molecule has 0 radical (unpaired) electrons. The summed E-state index contributed by atoms with van der Waals surface area (Å²) in [7, 11) is 0. The SMILES string of the molecule is O=c1[nH]c(=S)[nH]c2c1CCN(Cc1c[nH]c3ccc(F)cc13)C2. The van der Waals surface area contributed by atoms with Crippen LogP contribution < -0.4 is 5.56 Å². The molecule has 3 aromatic rings. The molecule has 3 N–H and O–H groups in total. The Morgan fingerprint density at radius 2 is 2.17 bits per heavy atom. The lowest BCUT2D eigenvalue weighted by molar-refractivity contribution is 0.241. The van der Waals surface area contributed by atoms with Gasteiger partial charge in [0.15, 0.2) is 4.77 Å². The molecule has 118 valence electrons. The first kappa shape index (κ1) is 14.3. The van der Waals surface area contributed by atoms with Crippen molar-refractivity contribution < 1.29 is 4.39 Å². The molecular formula is C16H15FN4OS. The van der Waals surface area contributed by atoms with E-state index in [1.54, 1.807) is 12.1 Å². The van der Waals surface area contributed by atoms with Crippen molar-refractivity contribution in [2.75, 3.05) is 6.54 Å². The van der Waals surface area contributed by atoms with E-state index in [0.29, 0.717) is 24.3 Å². The Labute approximate surface area is 136 Å². The van der Waals surface area contributed by atoms with E-state index in [2.05, 4.69) is 19.9 Å². The minimum Gasteiger partial charge on any atom is -0.361 e. The summed E-state index contributed by atoms with van der Waals surface area (Å²) < 4.78 is 13.8. The van der Waals surface area contributed by atoms with E-state index in [1.165, 1.54) is 6.07 Å². The standard InChI is InChI=1S/C16H15FN4OS/c17-10-1-2-13-12(5-10)9(6-18-13)7-21-4-3-11-14(8-21)19-16(23)20-15(11)22/h1-2,5-6,18H,3-4,7-8H2,(H2,19,20,22,23). The second-order valence-corrected chi connectivity index (χ2v) is 6.24. The Bertz CT molecular complexity index is 1000. The maximum atomic E-state index is 13.5. The summed E-state index contributed by atoms with van der Waals surface area (Å²) in [6.07, 6.45) is 2.59. The highest BCUT2D eigenvalue weighted by Crippen LogP contribution is 2.23. The van der Waals surface area contributed by atoms with Crippen LogP contribution in [0, 0.1) is 10.6 Å². The second kappa shape index (κ2) is 5.43.